The summed E-state index contributed by atoms with van der Waals surface area (Å²) in [7, 11) is 0. The molecule has 1 aliphatic carbocycles. The summed E-state index contributed by atoms with van der Waals surface area (Å²) in [4.78, 5) is 5.85. The minimum absolute atomic E-state index is 0.835. The number of hydrogen-bond donors (Lipinski definition) is 1. The number of fused-ring (bicyclic) bond motifs is 1. The first-order valence-corrected chi connectivity index (χ1v) is 13.0. The lowest BCUT2D eigenvalue weighted by atomic mass is 9.94. The smallest absolute Gasteiger partial charge is 0.0823 e. The van der Waals surface area contributed by atoms with Crippen LogP contribution in [0.3, 0.4) is 0 Å². The maximum absolute atomic E-state index is 4.45. The van der Waals surface area contributed by atoms with Gasteiger partial charge in [-0.2, -0.15) is 0 Å². The molecule has 1 N–H and O–H groups in total. The number of rotatable bonds is 8. The molecule has 0 fully saturated rings. The molecule has 2 nitrogen and oxygen atoms in total. The zero-order chi connectivity index (χ0) is 22.3. The minimum Gasteiger partial charge on any atom is -0.377 e. The second-order valence-corrected chi connectivity index (χ2v) is 10.00. The molecule has 0 unspecified atom stereocenters. The van der Waals surface area contributed by atoms with Crippen LogP contribution in [-0.2, 0) is 25.7 Å². The lowest BCUT2D eigenvalue weighted by Crippen LogP contribution is -2.09. The predicted octanol–water partition coefficient (Wildman–Crippen LogP) is 7.07. The van der Waals surface area contributed by atoms with Crippen molar-refractivity contribution in [3.05, 3.63) is 80.7 Å². The number of nitrogens with zero attached hydrogens (tertiary/aromatic N) is 1. The van der Waals surface area contributed by atoms with Gasteiger partial charge in [0.25, 0.3) is 0 Å². The highest BCUT2D eigenvalue weighted by Crippen LogP contribution is 2.32. The van der Waals surface area contributed by atoms with Gasteiger partial charge in [-0.15, -0.1) is 11.3 Å². The van der Waals surface area contributed by atoms with E-state index in [0.717, 1.165) is 25.9 Å². The van der Waals surface area contributed by atoms with Gasteiger partial charge in [-0.3, -0.25) is 4.99 Å². The molecule has 0 spiro atoms. The van der Waals surface area contributed by atoms with Gasteiger partial charge >= 0.3 is 0 Å². The Morgan fingerprint density at radius 3 is 2.56 bits per heavy atom. The summed E-state index contributed by atoms with van der Waals surface area (Å²) in [5.74, 6) is 0. The molecule has 168 valence electrons. The Balaban J connectivity index is 1.45. The lowest BCUT2D eigenvalue weighted by molar-refractivity contribution is 0.711. The van der Waals surface area contributed by atoms with Gasteiger partial charge < -0.3 is 5.32 Å². The van der Waals surface area contributed by atoms with Crippen LogP contribution in [0.4, 0.5) is 0 Å². The zero-order valence-corrected chi connectivity index (χ0v) is 20.7. The number of hydrogen-bond acceptors (Lipinski definition) is 2. The largest absolute Gasteiger partial charge is 0.377 e. The van der Waals surface area contributed by atoms with E-state index in [4.69, 9.17) is 0 Å². The summed E-state index contributed by atoms with van der Waals surface area (Å²) >= 11 is 1.89. The van der Waals surface area contributed by atoms with Crippen molar-refractivity contribution in [2.45, 2.75) is 65.7 Å². The Morgan fingerprint density at radius 1 is 0.938 bits per heavy atom. The first-order chi connectivity index (χ1) is 15.6. The van der Waals surface area contributed by atoms with Crippen LogP contribution in [0.25, 0.3) is 10.4 Å². The number of benzene rings is 2. The van der Waals surface area contributed by atoms with Crippen molar-refractivity contribution in [2.75, 3.05) is 13.1 Å². The number of aliphatic imine (C=N–C) groups is 1. The molecule has 1 aliphatic rings. The quantitative estimate of drug-likeness (QED) is 0.224. The third-order valence-electron chi connectivity index (χ3n) is 6.62. The van der Waals surface area contributed by atoms with E-state index >= 15 is 0 Å². The van der Waals surface area contributed by atoms with Crippen LogP contribution in [0.1, 0.15) is 65.1 Å². The van der Waals surface area contributed by atoms with Gasteiger partial charge in [-0.25, -0.2) is 0 Å². The Bertz CT molecular complexity index is 1080. The summed E-state index contributed by atoms with van der Waals surface area (Å²) in [6.07, 6.45) is 10.4. The van der Waals surface area contributed by atoms with Gasteiger partial charge in [0.15, 0.2) is 0 Å². The van der Waals surface area contributed by atoms with Gasteiger partial charge in [0.2, 0.25) is 0 Å². The van der Waals surface area contributed by atoms with Crippen LogP contribution in [0.2, 0.25) is 0 Å². The first kappa shape index (κ1) is 22.8. The fourth-order valence-corrected chi connectivity index (χ4v) is 5.62. The summed E-state index contributed by atoms with van der Waals surface area (Å²) in [6, 6.07) is 14.3. The average Bonchev–Trinajstić information content (AvgIpc) is 3.12. The van der Waals surface area contributed by atoms with Crippen LogP contribution in [0.15, 0.2) is 46.8 Å². The van der Waals surface area contributed by atoms with E-state index in [1.54, 1.807) is 11.1 Å². The Hall–Kier alpha value is -2.39. The molecule has 0 aliphatic heterocycles. The fourth-order valence-electron chi connectivity index (χ4n) is 4.70. The first-order valence-electron chi connectivity index (χ1n) is 12.1. The zero-order valence-electron chi connectivity index (χ0n) is 19.8. The molecule has 3 aromatic rings. The van der Waals surface area contributed by atoms with Crippen molar-refractivity contribution in [2.24, 2.45) is 4.99 Å². The summed E-state index contributed by atoms with van der Waals surface area (Å²) in [5.41, 5.74) is 11.6. The third-order valence-corrected chi connectivity index (χ3v) is 7.65. The molecule has 0 saturated carbocycles. The second kappa shape index (κ2) is 11.0. The predicted molar refractivity (Wildman–Crippen MR) is 140 cm³/mol. The summed E-state index contributed by atoms with van der Waals surface area (Å²) < 4.78 is 0. The van der Waals surface area contributed by atoms with Crippen molar-refractivity contribution >= 4 is 17.7 Å². The molecule has 4 rings (SSSR count). The van der Waals surface area contributed by atoms with Crippen molar-refractivity contribution in [1.82, 2.24) is 5.32 Å². The molecule has 0 radical (unpaired) electrons. The Kier molecular flexibility index (Phi) is 7.81. The van der Waals surface area contributed by atoms with E-state index in [1.807, 2.05) is 17.7 Å². The van der Waals surface area contributed by atoms with Crippen LogP contribution in [0.5, 0.6) is 0 Å². The van der Waals surface area contributed by atoms with Gasteiger partial charge in [-0.1, -0.05) is 36.8 Å². The van der Waals surface area contributed by atoms with Crippen molar-refractivity contribution < 1.29 is 0 Å². The molecule has 0 saturated heterocycles. The number of nitrogens with one attached hydrogen (secondary N) is 1. The lowest BCUT2D eigenvalue weighted by Gasteiger charge is -2.11. The second-order valence-electron chi connectivity index (χ2n) is 9.09. The van der Waals surface area contributed by atoms with Crippen LogP contribution in [0, 0.1) is 13.8 Å². The normalized spacial score (nSPS) is 13.8. The Labute approximate surface area is 197 Å². The van der Waals surface area contributed by atoms with Gasteiger partial charge in [0.05, 0.1) is 6.34 Å². The summed E-state index contributed by atoms with van der Waals surface area (Å²) in [5, 5.41) is 5.48. The highest BCUT2D eigenvalue weighted by molar-refractivity contribution is 7.13. The van der Waals surface area contributed by atoms with Crippen molar-refractivity contribution in [3.63, 3.8) is 0 Å². The highest BCUT2D eigenvalue weighted by atomic mass is 32.1. The van der Waals surface area contributed by atoms with Gasteiger partial charge in [0, 0.05) is 18.0 Å². The van der Waals surface area contributed by atoms with Crippen molar-refractivity contribution in [1.29, 1.82) is 0 Å². The maximum atomic E-state index is 4.45. The number of aryl methyl sites for hydroxylation is 4. The Morgan fingerprint density at radius 2 is 1.72 bits per heavy atom. The highest BCUT2D eigenvalue weighted by Gasteiger charge is 2.12. The summed E-state index contributed by atoms with van der Waals surface area (Å²) in [6.45, 7) is 8.33. The van der Waals surface area contributed by atoms with E-state index in [1.165, 1.54) is 70.4 Å². The SMILES string of the molecule is CCNC=NCCc1cc(C)c(Cc2csc(-c3ccc4c(c3)CCCCC4)c2)cc1C. The molecule has 0 atom stereocenters. The molecule has 0 bridgehead atoms. The molecule has 3 heteroatoms. The standard InChI is InChI=1S/C29H36N2S/c1-4-30-20-31-13-12-25-14-22(3)28(15-21(25)2)16-23-17-29(32-19-23)27-11-10-24-8-6-5-7-9-26(24)18-27/h10-11,14-15,17-20H,4-9,12-13,16H2,1-3H3,(H,30,31). The minimum atomic E-state index is 0.835. The van der Waals surface area contributed by atoms with Crippen molar-refractivity contribution in [3.8, 4) is 10.4 Å². The topological polar surface area (TPSA) is 24.4 Å². The van der Waals surface area contributed by atoms with Crippen LogP contribution < -0.4 is 5.32 Å². The molecule has 1 aromatic heterocycles. The molecular formula is C29H36N2S. The fraction of sp³-hybridized carbons (Fsp3) is 0.414. The van der Waals surface area contributed by atoms with Crippen LogP contribution >= 0.6 is 11.3 Å². The third kappa shape index (κ3) is 5.69. The average molecular weight is 445 g/mol. The molecule has 0 amide bonds. The van der Waals surface area contributed by atoms with E-state index < -0.39 is 0 Å². The van der Waals surface area contributed by atoms with E-state index in [9.17, 15) is 0 Å². The van der Waals surface area contributed by atoms with Gasteiger partial charge in [-0.05, 0) is 115 Å². The molecule has 32 heavy (non-hydrogen) atoms. The van der Waals surface area contributed by atoms with E-state index in [-0.39, 0.29) is 0 Å². The van der Waals surface area contributed by atoms with Crippen LogP contribution in [-0.4, -0.2) is 19.4 Å². The van der Waals surface area contributed by atoms with E-state index in [0.29, 0.717) is 0 Å². The number of thiophene rings is 1. The maximum Gasteiger partial charge on any atom is 0.0823 e. The molecule has 1 heterocycles. The van der Waals surface area contributed by atoms with Gasteiger partial charge in [0.1, 0.15) is 0 Å². The molecular weight excluding hydrogens is 408 g/mol. The monoisotopic (exact) mass is 444 g/mol. The molecule has 2 aromatic carbocycles. The van der Waals surface area contributed by atoms with E-state index in [2.05, 4.69) is 72.9 Å².